The van der Waals surface area contributed by atoms with Crippen LogP contribution in [0, 0.1) is 0 Å². The summed E-state index contributed by atoms with van der Waals surface area (Å²) < 4.78 is 13.6. The highest BCUT2D eigenvalue weighted by atomic mass is 32.1. The van der Waals surface area contributed by atoms with Crippen molar-refractivity contribution in [2.24, 2.45) is 0 Å². The van der Waals surface area contributed by atoms with Crippen LogP contribution in [-0.4, -0.2) is 39.3 Å². The SMILES string of the molecule is COc1cc(NC(=O)Cn2nc3c4sccc4ncn3c2=O)cc(OC)c1. The van der Waals surface area contributed by atoms with E-state index in [9.17, 15) is 9.59 Å². The second-order valence-electron chi connectivity index (χ2n) is 5.66. The summed E-state index contributed by atoms with van der Waals surface area (Å²) in [6, 6.07) is 6.87. The Morgan fingerprint density at radius 3 is 2.67 bits per heavy atom. The van der Waals surface area contributed by atoms with Gasteiger partial charge in [0.15, 0.2) is 5.65 Å². The molecule has 27 heavy (non-hydrogen) atoms. The lowest BCUT2D eigenvalue weighted by Crippen LogP contribution is -2.28. The molecule has 3 heterocycles. The van der Waals surface area contributed by atoms with Gasteiger partial charge in [0.05, 0.1) is 24.4 Å². The smallest absolute Gasteiger partial charge is 0.352 e. The fraction of sp³-hybridized carbons (Fsp3) is 0.176. The van der Waals surface area contributed by atoms with E-state index in [1.54, 1.807) is 18.2 Å². The molecule has 1 N–H and O–H groups in total. The number of nitrogens with one attached hydrogen (secondary N) is 1. The van der Waals surface area contributed by atoms with Gasteiger partial charge in [-0.25, -0.2) is 18.9 Å². The molecular formula is C17H15N5O4S. The highest BCUT2D eigenvalue weighted by Gasteiger charge is 2.15. The number of hydrogen-bond donors (Lipinski definition) is 1. The number of amides is 1. The molecule has 0 saturated heterocycles. The van der Waals surface area contributed by atoms with E-state index >= 15 is 0 Å². The summed E-state index contributed by atoms with van der Waals surface area (Å²) in [7, 11) is 3.05. The minimum atomic E-state index is -0.425. The van der Waals surface area contributed by atoms with Gasteiger partial charge in [0.1, 0.15) is 24.4 Å². The van der Waals surface area contributed by atoms with Crippen LogP contribution in [0.15, 0.2) is 40.8 Å². The summed E-state index contributed by atoms with van der Waals surface area (Å²) in [5.74, 6) is 0.688. The number of fused-ring (bicyclic) bond motifs is 3. The molecule has 0 bridgehead atoms. The summed E-state index contributed by atoms with van der Waals surface area (Å²) >= 11 is 1.44. The first-order chi connectivity index (χ1) is 13.1. The fourth-order valence-electron chi connectivity index (χ4n) is 2.69. The molecule has 0 atom stereocenters. The number of hydrogen-bond acceptors (Lipinski definition) is 7. The summed E-state index contributed by atoms with van der Waals surface area (Å²) in [6.07, 6.45) is 1.42. The zero-order chi connectivity index (χ0) is 19.0. The van der Waals surface area contributed by atoms with Crippen LogP contribution in [0.2, 0.25) is 0 Å². The first-order valence-electron chi connectivity index (χ1n) is 7.93. The molecule has 0 aliphatic heterocycles. The fourth-order valence-corrected chi connectivity index (χ4v) is 3.51. The number of aromatic nitrogens is 4. The molecule has 138 valence electrons. The van der Waals surface area contributed by atoms with E-state index in [0.717, 1.165) is 14.9 Å². The Labute approximate surface area is 156 Å². The quantitative estimate of drug-likeness (QED) is 0.562. The predicted molar refractivity (Wildman–Crippen MR) is 101 cm³/mol. The van der Waals surface area contributed by atoms with Crippen molar-refractivity contribution in [1.82, 2.24) is 19.2 Å². The summed E-state index contributed by atoms with van der Waals surface area (Å²) in [4.78, 5) is 29.1. The lowest BCUT2D eigenvalue weighted by Gasteiger charge is -2.09. The van der Waals surface area contributed by atoms with Crippen LogP contribution >= 0.6 is 11.3 Å². The normalized spacial score (nSPS) is 11.0. The van der Waals surface area contributed by atoms with Crippen LogP contribution in [0.3, 0.4) is 0 Å². The molecule has 9 nitrogen and oxygen atoms in total. The van der Waals surface area contributed by atoms with Crippen LogP contribution in [0.5, 0.6) is 11.5 Å². The van der Waals surface area contributed by atoms with Crippen molar-refractivity contribution in [3.8, 4) is 11.5 Å². The molecule has 4 aromatic rings. The molecular weight excluding hydrogens is 370 g/mol. The van der Waals surface area contributed by atoms with Gasteiger partial charge in [0.2, 0.25) is 5.91 Å². The maximum Gasteiger partial charge on any atom is 0.352 e. The van der Waals surface area contributed by atoms with Gasteiger partial charge in [-0.1, -0.05) is 0 Å². The zero-order valence-corrected chi connectivity index (χ0v) is 15.3. The molecule has 0 unspecified atom stereocenters. The molecule has 1 aromatic carbocycles. The van der Waals surface area contributed by atoms with Gasteiger partial charge in [0.25, 0.3) is 0 Å². The molecule has 4 rings (SSSR count). The third-order valence-electron chi connectivity index (χ3n) is 3.96. The maximum atomic E-state index is 12.5. The van der Waals surface area contributed by atoms with E-state index in [-0.39, 0.29) is 6.54 Å². The molecule has 0 aliphatic rings. The van der Waals surface area contributed by atoms with E-state index in [2.05, 4.69) is 15.4 Å². The summed E-state index contributed by atoms with van der Waals surface area (Å²) in [5, 5.41) is 8.89. The van der Waals surface area contributed by atoms with Crippen LogP contribution in [0.25, 0.3) is 15.9 Å². The molecule has 0 spiro atoms. The van der Waals surface area contributed by atoms with Gasteiger partial charge in [-0.2, -0.15) is 0 Å². The number of carbonyl (C=O) groups excluding carboxylic acids is 1. The van der Waals surface area contributed by atoms with Crippen LogP contribution in [0.1, 0.15) is 0 Å². The topological polar surface area (TPSA) is 99.7 Å². The van der Waals surface area contributed by atoms with Gasteiger partial charge in [-0.3, -0.25) is 4.79 Å². The summed E-state index contributed by atoms with van der Waals surface area (Å²) in [5.41, 5.74) is 1.31. The molecule has 0 saturated carbocycles. The monoisotopic (exact) mass is 385 g/mol. The van der Waals surface area contributed by atoms with Gasteiger partial charge in [0, 0.05) is 23.9 Å². The molecule has 1 amide bonds. The highest BCUT2D eigenvalue weighted by molar-refractivity contribution is 7.17. The average Bonchev–Trinajstić information content (AvgIpc) is 3.26. The maximum absolute atomic E-state index is 12.5. The van der Waals surface area contributed by atoms with Gasteiger partial charge >= 0.3 is 5.69 Å². The number of carbonyl (C=O) groups is 1. The standard InChI is InChI=1S/C17H15N5O4S/c1-25-11-5-10(6-12(7-11)26-2)19-14(23)8-22-17(24)21-9-18-13-3-4-27-15(13)16(21)20-22/h3-7,9H,8H2,1-2H3,(H,19,23). The average molecular weight is 385 g/mol. The van der Waals surface area contributed by atoms with Crippen molar-refractivity contribution in [1.29, 1.82) is 0 Å². The van der Waals surface area contributed by atoms with Crippen LogP contribution < -0.4 is 20.5 Å². The lowest BCUT2D eigenvalue weighted by atomic mass is 10.2. The number of anilines is 1. The Kier molecular flexibility index (Phi) is 4.24. The Balaban J connectivity index is 1.61. The minimum Gasteiger partial charge on any atom is -0.497 e. The van der Waals surface area contributed by atoms with Gasteiger partial charge < -0.3 is 14.8 Å². The van der Waals surface area contributed by atoms with Gasteiger partial charge in [-0.05, 0) is 11.4 Å². The molecule has 0 aliphatic carbocycles. The predicted octanol–water partition coefficient (Wildman–Crippen LogP) is 1.76. The van der Waals surface area contributed by atoms with E-state index in [1.807, 2.05) is 11.4 Å². The highest BCUT2D eigenvalue weighted by Crippen LogP contribution is 2.26. The van der Waals surface area contributed by atoms with E-state index in [4.69, 9.17) is 9.47 Å². The van der Waals surface area contributed by atoms with Crippen molar-refractivity contribution in [3.05, 3.63) is 46.5 Å². The Hall–Kier alpha value is -3.40. The summed E-state index contributed by atoms with van der Waals surface area (Å²) in [6.45, 7) is -0.229. The first-order valence-corrected chi connectivity index (χ1v) is 8.81. The molecule has 0 radical (unpaired) electrons. The second-order valence-corrected chi connectivity index (χ2v) is 6.58. The number of methoxy groups -OCH3 is 2. The number of nitrogens with zero attached hydrogens (tertiary/aromatic N) is 4. The van der Waals surface area contributed by atoms with Crippen molar-refractivity contribution < 1.29 is 14.3 Å². The third-order valence-corrected chi connectivity index (χ3v) is 4.86. The Bertz CT molecular complexity index is 1190. The molecule has 0 fully saturated rings. The largest absolute Gasteiger partial charge is 0.497 e. The Morgan fingerprint density at radius 2 is 1.96 bits per heavy atom. The number of benzene rings is 1. The second kappa shape index (κ2) is 6.72. The van der Waals surface area contributed by atoms with E-state index in [0.29, 0.717) is 22.8 Å². The van der Waals surface area contributed by atoms with Crippen molar-refractivity contribution >= 4 is 38.8 Å². The van der Waals surface area contributed by atoms with Crippen molar-refractivity contribution in [2.75, 3.05) is 19.5 Å². The Morgan fingerprint density at radius 1 is 1.22 bits per heavy atom. The van der Waals surface area contributed by atoms with Crippen molar-refractivity contribution in [3.63, 3.8) is 0 Å². The number of rotatable bonds is 5. The van der Waals surface area contributed by atoms with E-state index in [1.165, 1.54) is 36.3 Å². The minimum absolute atomic E-state index is 0.229. The van der Waals surface area contributed by atoms with E-state index < -0.39 is 11.6 Å². The van der Waals surface area contributed by atoms with Crippen molar-refractivity contribution in [2.45, 2.75) is 6.54 Å². The molecule has 3 aromatic heterocycles. The number of ether oxygens (including phenoxy) is 2. The number of thiophene rings is 1. The van der Waals surface area contributed by atoms with Crippen LogP contribution in [0.4, 0.5) is 5.69 Å². The van der Waals surface area contributed by atoms with Crippen LogP contribution in [-0.2, 0) is 11.3 Å². The first kappa shape index (κ1) is 17.0. The zero-order valence-electron chi connectivity index (χ0n) is 14.5. The van der Waals surface area contributed by atoms with Gasteiger partial charge in [-0.15, -0.1) is 16.4 Å². The lowest BCUT2D eigenvalue weighted by molar-refractivity contribution is -0.117. The third kappa shape index (κ3) is 3.10. The molecule has 10 heteroatoms.